The Kier molecular flexibility index (Phi) is 2.88. The number of aromatic nitrogens is 2. The topological polar surface area (TPSA) is 61.0 Å². The third kappa shape index (κ3) is 2.10. The van der Waals surface area contributed by atoms with Crippen molar-refractivity contribution in [1.29, 1.82) is 0 Å². The van der Waals surface area contributed by atoms with Crippen LogP contribution in [0.25, 0.3) is 11.3 Å². The van der Waals surface area contributed by atoms with Crippen LogP contribution >= 0.6 is 27.3 Å². The number of nitrogens with zero attached hydrogens (tertiary/aromatic N) is 2. The average Bonchev–Trinajstić information content (AvgIpc) is 2.63. The number of thiophene rings is 1. The van der Waals surface area contributed by atoms with Crippen molar-refractivity contribution in [2.45, 2.75) is 0 Å². The van der Waals surface area contributed by atoms with Crippen molar-refractivity contribution in [2.24, 2.45) is 0 Å². The molecule has 78 valence electrons. The maximum absolute atomic E-state index is 5.58. The summed E-state index contributed by atoms with van der Waals surface area (Å²) >= 11 is 5.03. The van der Waals surface area contributed by atoms with Crippen LogP contribution in [-0.2, 0) is 0 Å². The van der Waals surface area contributed by atoms with Gasteiger partial charge in [0, 0.05) is 26.9 Å². The van der Waals surface area contributed by atoms with Crippen molar-refractivity contribution in [3.05, 3.63) is 21.3 Å². The molecule has 0 saturated heterocycles. The minimum Gasteiger partial charge on any atom is -0.481 e. The van der Waals surface area contributed by atoms with Gasteiger partial charge in [0.15, 0.2) is 0 Å². The number of nitrogen functional groups attached to an aromatic ring is 1. The molecule has 4 nitrogen and oxygen atoms in total. The molecule has 0 radical (unpaired) electrons. The fourth-order valence-electron chi connectivity index (χ4n) is 1.15. The Bertz CT molecular complexity index is 486. The molecule has 6 heteroatoms. The fourth-order valence-corrected chi connectivity index (χ4v) is 2.64. The predicted octanol–water partition coefficient (Wildman–Crippen LogP) is 2.56. The monoisotopic (exact) mass is 285 g/mol. The first-order valence-electron chi connectivity index (χ1n) is 4.11. The van der Waals surface area contributed by atoms with E-state index in [1.165, 1.54) is 0 Å². The third-order valence-electron chi connectivity index (χ3n) is 1.82. The van der Waals surface area contributed by atoms with Crippen LogP contribution in [0.1, 0.15) is 0 Å². The highest BCUT2D eigenvalue weighted by Gasteiger charge is 2.08. The zero-order valence-electron chi connectivity index (χ0n) is 7.90. The molecule has 0 atom stereocenters. The smallest absolute Gasteiger partial charge is 0.223 e. The van der Waals surface area contributed by atoms with Crippen LogP contribution in [0, 0.1) is 0 Å². The van der Waals surface area contributed by atoms with E-state index in [9.17, 15) is 0 Å². The SMILES string of the molecule is COc1cc(-c2cscc2Br)nc(N)n1. The number of hydrogen-bond donors (Lipinski definition) is 1. The molecule has 0 aromatic carbocycles. The normalized spacial score (nSPS) is 10.3. The summed E-state index contributed by atoms with van der Waals surface area (Å²) < 4.78 is 6.02. The van der Waals surface area contributed by atoms with Gasteiger partial charge in [0.1, 0.15) is 0 Å². The number of nitrogens with two attached hydrogens (primary N) is 1. The molecule has 0 aliphatic carbocycles. The summed E-state index contributed by atoms with van der Waals surface area (Å²) in [5.74, 6) is 0.679. The minimum absolute atomic E-state index is 0.211. The molecule has 0 amide bonds. The van der Waals surface area contributed by atoms with Crippen molar-refractivity contribution >= 4 is 33.2 Å². The molecule has 15 heavy (non-hydrogen) atoms. The second-order valence-corrected chi connectivity index (χ2v) is 4.39. The maximum atomic E-state index is 5.58. The predicted molar refractivity (Wildman–Crippen MR) is 64.0 cm³/mol. The standard InChI is InChI=1S/C9H8BrN3OS/c1-14-8-2-7(12-9(11)13-8)5-3-15-4-6(5)10/h2-4H,1H3,(H2,11,12,13). The third-order valence-corrected chi connectivity index (χ3v) is 3.52. The molecule has 0 spiro atoms. The Morgan fingerprint density at radius 2 is 2.20 bits per heavy atom. The van der Waals surface area contributed by atoms with Gasteiger partial charge < -0.3 is 10.5 Å². The highest BCUT2D eigenvalue weighted by atomic mass is 79.9. The summed E-state index contributed by atoms with van der Waals surface area (Å²) in [7, 11) is 1.55. The quantitative estimate of drug-likeness (QED) is 0.921. The first kappa shape index (κ1) is 10.4. The lowest BCUT2D eigenvalue weighted by atomic mass is 10.2. The Labute approximate surface area is 99.3 Å². The van der Waals surface area contributed by atoms with Crippen LogP contribution < -0.4 is 10.5 Å². The summed E-state index contributed by atoms with van der Waals surface area (Å²) in [6.45, 7) is 0. The molecular weight excluding hydrogens is 278 g/mol. The maximum Gasteiger partial charge on any atom is 0.223 e. The van der Waals surface area contributed by atoms with Gasteiger partial charge in [0.05, 0.1) is 12.8 Å². The molecule has 2 rings (SSSR count). The van der Waals surface area contributed by atoms with E-state index in [0.717, 1.165) is 15.7 Å². The second-order valence-electron chi connectivity index (χ2n) is 2.79. The molecule has 0 saturated carbocycles. The molecule has 0 unspecified atom stereocenters. The lowest BCUT2D eigenvalue weighted by molar-refractivity contribution is 0.398. The summed E-state index contributed by atoms with van der Waals surface area (Å²) in [4.78, 5) is 8.07. The molecule has 0 bridgehead atoms. The van der Waals surface area contributed by atoms with Crippen molar-refractivity contribution in [2.75, 3.05) is 12.8 Å². The van der Waals surface area contributed by atoms with Gasteiger partial charge in [0.2, 0.25) is 11.8 Å². The van der Waals surface area contributed by atoms with Crippen LogP contribution in [0.4, 0.5) is 5.95 Å². The second kappa shape index (κ2) is 4.16. The number of ether oxygens (including phenoxy) is 1. The molecule has 0 aliphatic rings. The lowest BCUT2D eigenvalue weighted by Crippen LogP contribution is -1.98. The first-order chi connectivity index (χ1) is 7.20. The fraction of sp³-hybridized carbons (Fsp3) is 0.111. The van der Waals surface area contributed by atoms with Crippen LogP contribution in [0.5, 0.6) is 5.88 Å². The van der Waals surface area contributed by atoms with E-state index >= 15 is 0 Å². The molecular formula is C9H8BrN3OS. The average molecular weight is 286 g/mol. The van der Waals surface area contributed by atoms with E-state index in [4.69, 9.17) is 10.5 Å². The van der Waals surface area contributed by atoms with E-state index < -0.39 is 0 Å². The molecule has 2 aromatic rings. The van der Waals surface area contributed by atoms with Crippen molar-refractivity contribution in [1.82, 2.24) is 9.97 Å². The summed E-state index contributed by atoms with van der Waals surface area (Å²) in [6, 6.07) is 1.75. The van der Waals surface area contributed by atoms with Crippen LogP contribution in [0.3, 0.4) is 0 Å². The molecule has 2 aromatic heterocycles. The lowest BCUT2D eigenvalue weighted by Gasteiger charge is -2.03. The Balaban J connectivity index is 2.53. The largest absolute Gasteiger partial charge is 0.481 e. The number of rotatable bonds is 2. The number of methoxy groups -OCH3 is 1. The van der Waals surface area contributed by atoms with Gasteiger partial charge >= 0.3 is 0 Å². The summed E-state index contributed by atoms with van der Waals surface area (Å²) in [6.07, 6.45) is 0. The number of anilines is 1. The molecule has 0 aliphatic heterocycles. The van der Waals surface area contributed by atoms with Crippen LogP contribution in [-0.4, -0.2) is 17.1 Å². The Morgan fingerprint density at radius 1 is 1.40 bits per heavy atom. The Morgan fingerprint density at radius 3 is 2.80 bits per heavy atom. The van der Waals surface area contributed by atoms with Crippen molar-refractivity contribution < 1.29 is 4.74 Å². The van der Waals surface area contributed by atoms with Gasteiger partial charge in [-0.25, -0.2) is 4.98 Å². The summed E-state index contributed by atoms with van der Waals surface area (Å²) in [5, 5.41) is 3.98. The van der Waals surface area contributed by atoms with Crippen LogP contribution in [0.15, 0.2) is 21.3 Å². The van der Waals surface area contributed by atoms with E-state index in [1.54, 1.807) is 24.5 Å². The van der Waals surface area contributed by atoms with Gasteiger partial charge in [-0.2, -0.15) is 16.3 Å². The zero-order valence-corrected chi connectivity index (χ0v) is 10.3. The van der Waals surface area contributed by atoms with Crippen molar-refractivity contribution in [3.63, 3.8) is 0 Å². The van der Waals surface area contributed by atoms with Crippen molar-refractivity contribution in [3.8, 4) is 17.1 Å². The van der Waals surface area contributed by atoms with E-state index in [0.29, 0.717) is 5.88 Å². The van der Waals surface area contributed by atoms with Crippen LogP contribution in [0.2, 0.25) is 0 Å². The summed E-state index contributed by atoms with van der Waals surface area (Å²) in [5.41, 5.74) is 7.33. The van der Waals surface area contributed by atoms with Gasteiger partial charge in [0.25, 0.3) is 0 Å². The van der Waals surface area contributed by atoms with E-state index in [-0.39, 0.29) is 5.95 Å². The van der Waals surface area contributed by atoms with Gasteiger partial charge in [-0.1, -0.05) is 0 Å². The van der Waals surface area contributed by atoms with E-state index in [2.05, 4.69) is 25.9 Å². The minimum atomic E-state index is 0.211. The highest BCUT2D eigenvalue weighted by Crippen LogP contribution is 2.31. The molecule has 2 heterocycles. The zero-order chi connectivity index (χ0) is 10.8. The highest BCUT2D eigenvalue weighted by molar-refractivity contribution is 9.10. The van der Waals surface area contributed by atoms with Gasteiger partial charge in [-0.3, -0.25) is 0 Å². The Hall–Kier alpha value is -1.14. The molecule has 2 N–H and O–H groups in total. The molecule has 0 fully saturated rings. The number of hydrogen-bond acceptors (Lipinski definition) is 5. The van der Waals surface area contributed by atoms with Gasteiger partial charge in [-0.15, -0.1) is 0 Å². The van der Waals surface area contributed by atoms with E-state index in [1.807, 2.05) is 10.8 Å². The van der Waals surface area contributed by atoms with Gasteiger partial charge in [-0.05, 0) is 15.9 Å². The first-order valence-corrected chi connectivity index (χ1v) is 5.85. The number of halogens is 1.